The number of halogens is 1. The second-order valence-electron chi connectivity index (χ2n) is 6.86. The van der Waals surface area contributed by atoms with Crippen LogP contribution in [0.25, 0.3) is 0 Å². The van der Waals surface area contributed by atoms with E-state index in [1.807, 2.05) is 25.1 Å². The highest BCUT2D eigenvalue weighted by Crippen LogP contribution is 2.15. The van der Waals surface area contributed by atoms with Crippen LogP contribution >= 0.6 is 0 Å². The van der Waals surface area contributed by atoms with Crippen molar-refractivity contribution in [3.8, 4) is 5.75 Å². The fourth-order valence-electron chi connectivity index (χ4n) is 2.69. The number of aryl methyl sites for hydroxylation is 1. The third kappa shape index (κ3) is 7.00. The molecule has 0 aliphatic carbocycles. The predicted molar refractivity (Wildman–Crippen MR) is 123 cm³/mol. The molecule has 3 aromatic carbocycles. The van der Waals surface area contributed by atoms with E-state index in [0.29, 0.717) is 17.0 Å². The number of nitrogens with one attached hydrogen (secondary N) is 3. The molecule has 0 aromatic heterocycles. The molecule has 3 rings (SSSR count). The molecule has 3 amide bonds. The monoisotopic (exact) mass is 448 g/mol. The largest absolute Gasteiger partial charge is 0.484 e. The molecule has 0 unspecified atom stereocenters. The minimum atomic E-state index is -1.06. The Morgan fingerprint density at radius 3 is 2.39 bits per heavy atom. The summed E-state index contributed by atoms with van der Waals surface area (Å²) in [5, 5.41) is 8.65. The topological polar surface area (TPSA) is 109 Å². The Kier molecular flexibility index (Phi) is 7.85. The predicted octanol–water partition coefficient (Wildman–Crippen LogP) is 3.24. The quantitative estimate of drug-likeness (QED) is 0.293. The molecule has 168 valence electrons. The SMILES string of the molecule is Cc1ccccc1NC(=O)COc1cccc(/C=N\NC(=O)C(=O)Nc2ccccc2F)c1. The van der Waals surface area contributed by atoms with Gasteiger partial charge in [0, 0.05) is 5.69 Å². The first-order chi connectivity index (χ1) is 15.9. The van der Waals surface area contributed by atoms with Crippen molar-refractivity contribution >= 4 is 35.3 Å². The van der Waals surface area contributed by atoms with Crippen molar-refractivity contribution in [3.63, 3.8) is 0 Å². The number of ether oxygens (including phenoxy) is 1. The number of carbonyl (C=O) groups is 3. The molecule has 3 N–H and O–H groups in total. The molecule has 0 saturated carbocycles. The van der Waals surface area contributed by atoms with Crippen LogP contribution in [0.15, 0.2) is 77.9 Å². The summed E-state index contributed by atoms with van der Waals surface area (Å²) in [4.78, 5) is 35.8. The summed E-state index contributed by atoms with van der Waals surface area (Å²) in [5.41, 5.74) is 4.16. The third-order valence-corrected chi connectivity index (χ3v) is 4.36. The van der Waals surface area contributed by atoms with Gasteiger partial charge in [0.1, 0.15) is 11.6 Å². The van der Waals surface area contributed by atoms with Gasteiger partial charge in [0.2, 0.25) is 0 Å². The zero-order valence-electron chi connectivity index (χ0n) is 17.7. The maximum Gasteiger partial charge on any atom is 0.329 e. The molecule has 0 atom stereocenters. The van der Waals surface area contributed by atoms with Gasteiger partial charge in [-0.1, -0.05) is 42.5 Å². The normalized spacial score (nSPS) is 10.5. The van der Waals surface area contributed by atoms with Crippen molar-refractivity contribution in [1.82, 2.24) is 5.43 Å². The van der Waals surface area contributed by atoms with Gasteiger partial charge in [-0.2, -0.15) is 5.10 Å². The van der Waals surface area contributed by atoms with Gasteiger partial charge < -0.3 is 15.4 Å². The number of hydrogen-bond donors (Lipinski definition) is 3. The number of carbonyl (C=O) groups excluding carboxylic acids is 3. The zero-order chi connectivity index (χ0) is 23.6. The van der Waals surface area contributed by atoms with Crippen LogP contribution in [0.3, 0.4) is 0 Å². The highest BCUT2D eigenvalue weighted by molar-refractivity contribution is 6.39. The summed E-state index contributed by atoms with van der Waals surface area (Å²) in [6.07, 6.45) is 1.30. The average molecular weight is 448 g/mol. The van der Waals surface area contributed by atoms with Crippen LogP contribution < -0.4 is 20.8 Å². The lowest BCUT2D eigenvalue weighted by atomic mass is 10.2. The molecule has 0 aliphatic heterocycles. The van der Waals surface area contributed by atoms with Crippen molar-refractivity contribution in [2.24, 2.45) is 5.10 Å². The van der Waals surface area contributed by atoms with E-state index in [1.165, 1.54) is 24.4 Å². The maximum atomic E-state index is 13.6. The fraction of sp³-hybridized carbons (Fsp3) is 0.0833. The third-order valence-electron chi connectivity index (χ3n) is 4.36. The number of anilines is 2. The molecule has 0 saturated heterocycles. The van der Waals surface area contributed by atoms with Crippen molar-refractivity contribution in [2.75, 3.05) is 17.2 Å². The molecule has 0 radical (unpaired) electrons. The van der Waals surface area contributed by atoms with Crippen LogP contribution in [0.5, 0.6) is 5.75 Å². The summed E-state index contributed by atoms with van der Waals surface area (Å²) in [5.74, 6) is -2.67. The van der Waals surface area contributed by atoms with Crippen LogP contribution in [-0.2, 0) is 14.4 Å². The van der Waals surface area contributed by atoms with Gasteiger partial charge in [-0.3, -0.25) is 14.4 Å². The number of hydrazone groups is 1. The van der Waals surface area contributed by atoms with Crippen LogP contribution in [0.1, 0.15) is 11.1 Å². The Morgan fingerprint density at radius 1 is 0.909 bits per heavy atom. The van der Waals surface area contributed by atoms with Crippen molar-refractivity contribution in [1.29, 1.82) is 0 Å². The molecule has 9 heteroatoms. The highest BCUT2D eigenvalue weighted by atomic mass is 19.1. The van der Waals surface area contributed by atoms with Crippen LogP contribution in [0.2, 0.25) is 0 Å². The average Bonchev–Trinajstić information content (AvgIpc) is 2.81. The molecular weight excluding hydrogens is 427 g/mol. The Balaban J connectivity index is 1.49. The number of amides is 3. The van der Waals surface area contributed by atoms with Crippen molar-refractivity contribution in [3.05, 3.63) is 89.7 Å². The number of rotatable bonds is 7. The summed E-state index contributed by atoms with van der Waals surface area (Å²) >= 11 is 0. The first-order valence-corrected chi connectivity index (χ1v) is 9.89. The Hall–Kier alpha value is -4.53. The van der Waals surface area contributed by atoms with Gasteiger partial charge in [0.25, 0.3) is 5.91 Å². The van der Waals surface area contributed by atoms with E-state index in [4.69, 9.17) is 4.74 Å². The van der Waals surface area contributed by atoms with Gasteiger partial charge in [-0.25, -0.2) is 9.82 Å². The molecule has 8 nitrogen and oxygen atoms in total. The molecule has 0 bridgehead atoms. The first-order valence-electron chi connectivity index (χ1n) is 9.89. The minimum Gasteiger partial charge on any atom is -0.484 e. The Labute approximate surface area is 189 Å². The second kappa shape index (κ2) is 11.2. The van der Waals surface area contributed by atoms with E-state index in [-0.39, 0.29) is 18.2 Å². The van der Waals surface area contributed by atoms with E-state index in [2.05, 4.69) is 21.2 Å². The van der Waals surface area contributed by atoms with Crippen LogP contribution in [-0.4, -0.2) is 30.5 Å². The van der Waals surface area contributed by atoms with E-state index >= 15 is 0 Å². The molecule has 0 heterocycles. The van der Waals surface area contributed by atoms with Crippen molar-refractivity contribution in [2.45, 2.75) is 6.92 Å². The van der Waals surface area contributed by atoms with E-state index < -0.39 is 17.6 Å². The Morgan fingerprint density at radius 2 is 1.64 bits per heavy atom. The fourth-order valence-corrected chi connectivity index (χ4v) is 2.69. The number of hydrogen-bond acceptors (Lipinski definition) is 5. The van der Waals surface area contributed by atoms with Gasteiger partial charge in [0.15, 0.2) is 6.61 Å². The summed E-state index contributed by atoms with van der Waals surface area (Å²) in [6.45, 7) is 1.70. The summed E-state index contributed by atoms with van der Waals surface area (Å²) in [6, 6.07) is 19.5. The molecule has 33 heavy (non-hydrogen) atoms. The molecule has 0 spiro atoms. The van der Waals surface area contributed by atoms with Gasteiger partial charge in [-0.15, -0.1) is 0 Å². The zero-order valence-corrected chi connectivity index (χ0v) is 17.7. The molecule has 0 aliphatic rings. The van der Waals surface area contributed by atoms with Gasteiger partial charge in [-0.05, 0) is 48.4 Å². The first kappa shape index (κ1) is 23.1. The maximum absolute atomic E-state index is 13.6. The summed E-state index contributed by atoms with van der Waals surface area (Å²) in [7, 11) is 0. The standard InChI is InChI=1S/C24H21FN4O4/c1-16-7-2-4-11-20(16)27-22(30)15-33-18-9-6-8-17(13-18)14-26-29-24(32)23(31)28-21-12-5-3-10-19(21)25/h2-14H,15H2,1H3,(H,27,30)(H,28,31)(H,29,32)/b26-14-. The van der Waals surface area contributed by atoms with Crippen molar-refractivity contribution < 1.29 is 23.5 Å². The molecule has 0 fully saturated rings. The van der Waals surface area contributed by atoms with E-state index in [0.717, 1.165) is 11.6 Å². The highest BCUT2D eigenvalue weighted by Gasteiger charge is 2.14. The number of nitrogens with zero attached hydrogens (tertiary/aromatic N) is 1. The van der Waals surface area contributed by atoms with Gasteiger partial charge >= 0.3 is 11.8 Å². The lowest BCUT2D eigenvalue weighted by molar-refractivity contribution is -0.136. The Bertz CT molecular complexity index is 1200. The lowest BCUT2D eigenvalue weighted by Crippen LogP contribution is -2.32. The van der Waals surface area contributed by atoms with Crippen LogP contribution in [0.4, 0.5) is 15.8 Å². The minimum absolute atomic E-state index is 0.113. The number of benzene rings is 3. The van der Waals surface area contributed by atoms with Crippen LogP contribution in [0, 0.1) is 12.7 Å². The summed E-state index contributed by atoms with van der Waals surface area (Å²) < 4.78 is 19.1. The van der Waals surface area contributed by atoms with E-state index in [9.17, 15) is 18.8 Å². The molecule has 3 aromatic rings. The molecular formula is C24H21FN4O4. The van der Waals surface area contributed by atoms with Gasteiger partial charge in [0.05, 0.1) is 11.9 Å². The second-order valence-corrected chi connectivity index (χ2v) is 6.86. The lowest BCUT2D eigenvalue weighted by Gasteiger charge is -2.09. The van der Waals surface area contributed by atoms with E-state index in [1.54, 1.807) is 30.3 Å². The number of para-hydroxylation sites is 2. The smallest absolute Gasteiger partial charge is 0.329 e.